The Balaban J connectivity index is 1.43. The van der Waals surface area contributed by atoms with Gasteiger partial charge >= 0.3 is 0 Å². The van der Waals surface area contributed by atoms with Crippen molar-refractivity contribution in [1.29, 1.82) is 0 Å². The molecule has 3 heterocycles. The molecule has 1 saturated heterocycles. The number of hydrogen-bond acceptors (Lipinski definition) is 4. The molecule has 0 radical (unpaired) electrons. The van der Waals surface area contributed by atoms with E-state index in [1.165, 1.54) is 27.1 Å². The number of piperidine rings is 1. The summed E-state index contributed by atoms with van der Waals surface area (Å²) in [5, 5.41) is 4.17. The summed E-state index contributed by atoms with van der Waals surface area (Å²) in [7, 11) is 0. The largest absolute Gasteiger partial charge is 0.356 e. The predicted molar refractivity (Wildman–Crippen MR) is 109 cm³/mol. The number of fused-ring (bicyclic) bond motifs is 1. The maximum atomic E-state index is 13.9. The molecule has 1 aliphatic heterocycles. The van der Waals surface area contributed by atoms with E-state index in [9.17, 15) is 9.18 Å². The van der Waals surface area contributed by atoms with Gasteiger partial charge in [0, 0.05) is 45.2 Å². The number of halogens is 2. The van der Waals surface area contributed by atoms with E-state index in [-0.39, 0.29) is 17.5 Å². The summed E-state index contributed by atoms with van der Waals surface area (Å²) >= 11 is 7.52. The maximum Gasteiger partial charge on any atom is 0.227 e. The number of nitrogens with one attached hydrogen (secondary N) is 1. The lowest BCUT2D eigenvalue weighted by Crippen LogP contribution is -2.38. The number of hydrogen-bond donors (Lipinski definition) is 1. The highest BCUT2D eigenvalue weighted by Gasteiger charge is 2.27. The Hall–Kier alpha value is -2.18. The third-order valence-electron chi connectivity index (χ3n) is 4.90. The zero-order valence-corrected chi connectivity index (χ0v) is 16.4. The summed E-state index contributed by atoms with van der Waals surface area (Å²) in [6, 6.07) is 8.48. The van der Waals surface area contributed by atoms with Gasteiger partial charge in [-0.15, -0.1) is 11.3 Å². The second-order valence-corrected chi connectivity index (χ2v) is 8.50. The molecule has 0 atom stereocenters. The molecule has 0 spiro atoms. The third kappa shape index (κ3) is 3.77. The van der Waals surface area contributed by atoms with Crippen LogP contribution in [0, 0.1) is 18.7 Å². The number of nitrogens with zero attached hydrogens (tertiary/aromatic N) is 2. The van der Waals surface area contributed by atoms with Crippen molar-refractivity contribution < 1.29 is 9.18 Å². The first-order valence-electron chi connectivity index (χ1n) is 8.87. The Labute approximate surface area is 166 Å². The molecule has 140 valence electrons. The Kier molecular flexibility index (Phi) is 5.02. The van der Waals surface area contributed by atoms with Gasteiger partial charge in [-0.3, -0.25) is 4.79 Å². The normalized spacial score (nSPS) is 15.3. The topological polar surface area (TPSA) is 45.2 Å². The van der Waals surface area contributed by atoms with Gasteiger partial charge in [0.05, 0.1) is 5.69 Å². The minimum Gasteiger partial charge on any atom is -0.356 e. The zero-order valence-electron chi connectivity index (χ0n) is 14.8. The van der Waals surface area contributed by atoms with Crippen LogP contribution in [-0.4, -0.2) is 24.0 Å². The first-order valence-corrected chi connectivity index (χ1v) is 10.1. The summed E-state index contributed by atoms with van der Waals surface area (Å²) in [5.41, 5.74) is 0.173. The number of aromatic nitrogens is 1. The lowest BCUT2D eigenvalue weighted by atomic mass is 9.95. The fourth-order valence-corrected chi connectivity index (χ4v) is 4.58. The molecule has 1 amide bonds. The van der Waals surface area contributed by atoms with Gasteiger partial charge in [-0.05, 0) is 50.1 Å². The fourth-order valence-electron chi connectivity index (χ4n) is 3.51. The number of carbonyl (C=O) groups excluding carboxylic acids is 1. The van der Waals surface area contributed by atoms with E-state index in [4.69, 9.17) is 11.6 Å². The zero-order chi connectivity index (χ0) is 19.0. The summed E-state index contributed by atoms with van der Waals surface area (Å²) in [6.45, 7) is 3.60. The predicted octanol–water partition coefficient (Wildman–Crippen LogP) is 5.25. The van der Waals surface area contributed by atoms with Crippen LogP contribution in [-0.2, 0) is 4.79 Å². The van der Waals surface area contributed by atoms with Gasteiger partial charge < -0.3 is 10.2 Å². The van der Waals surface area contributed by atoms with Crippen LogP contribution in [0.1, 0.15) is 17.7 Å². The smallest absolute Gasteiger partial charge is 0.227 e. The first kappa shape index (κ1) is 18.2. The van der Waals surface area contributed by atoms with Crippen molar-refractivity contribution in [2.45, 2.75) is 19.8 Å². The van der Waals surface area contributed by atoms with Crippen molar-refractivity contribution in [3.63, 3.8) is 0 Å². The first-order chi connectivity index (χ1) is 13.0. The monoisotopic (exact) mass is 403 g/mol. The van der Waals surface area contributed by atoms with Crippen LogP contribution < -0.4 is 10.2 Å². The number of anilines is 2. The SMILES string of the molecule is Cc1cc2c(N3CCC(C(=O)Nc4ccc(Cl)cc4F)CC3)nccc2s1. The summed E-state index contributed by atoms with van der Waals surface area (Å²) < 4.78 is 15.1. The fraction of sp³-hybridized carbons (Fsp3) is 0.300. The number of aryl methyl sites for hydroxylation is 1. The Morgan fingerprint density at radius 3 is 2.81 bits per heavy atom. The van der Waals surface area contributed by atoms with Gasteiger partial charge in [0.2, 0.25) is 5.91 Å². The summed E-state index contributed by atoms with van der Waals surface area (Å²) in [5.74, 6) is 0.185. The summed E-state index contributed by atoms with van der Waals surface area (Å²) in [4.78, 5) is 20.6. The standard InChI is InChI=1S/C20H19ClFN3OS/c1-12-10-15-18(27-12)4-7-23-19(15)25-8-5-13(6-9-25)20(26)24-17-3-2-14(21)11-16(17)22/h2-4,7,10-11,13H,5-6,8-9H2,1H3,(H,24,26). The lowest BCUT2D eigenvalue weighted by molar-refractivity contribution is -0.120. The van der Waals surface area contributed by atoms with E-state index in [1.54, 1.807) is 17.4 Å². The molecular formula is C20H19ClFN3OS. The van der Waals surface area contributed by atoms with E-state index in [0.717, 1.165) is 18.9 Å². The molecule has 1 fully saturated rings. The highest BCUT2D eigenvalue weighted by Crippen LogP contribution is 2.33. The number of carbonyl (C=O) groups is 1. The van der Waals surface area contributed by atoms with Gasteiger partial charge in [0.15, 0.2) is 0 Å². The Morgan fingerprint density at radius 2 is 2.07 bits per heavy atom. The molecule has 2 aromatic heterocycles. The number of benzene rings is 1. The minimum atomic E-state index is -0.517. The minimum absolute atomic E-state index is 0.139. The van der Waals surface area contributed by atoms with E-state index in [1.807, 2.05) is 12.3 Å². The second kappa shape index (κ2) is 7.44. The van der Waals surface area contributed by atoms with Gasteiger partial charge in [-0.2, -0.15) is 0 Å². The number of amides is 1. The average Bonchev–Trinajstić information content (AvgIpc) is 3.04. The van der Waals surface area contributed by atoms with Crippen LogP contribution in [0.25, 0.3) is 10.1 Å². The third-order valence-corrected chi connectivity index (χ3v) is 6.15. The Bertz CT molecular complexity index is 998. The van der Waals surface area contributed by atoms with Crippen LogP contribution in [0.15, 0.2) is 36.5 Å². The molecule has 3 aromatic rings. The molecule has 4 rings (SSSR count). The molecule has 7 heteroatoms. The molecule has 0 aliphatic carbocycles. The van der Waals surface area contributed by atoms with Crippen molar-refractivity contribution in [1.82, 2.24) is 4.98 Å². The number of thiophene rings is 1. The van der Waals surface area contributed by atoms with Gasteiger partial charge in [0.25, 0.3) is 0 Å². The average molecular weight is 404 g/mol. The highest BCUT2D eigenvalue weighted by molar-refractivity contribution is 7.19. The van der Waals surface area contributed by atoms with Crippen molar-refractivity contribution in [3.8, 4) is 0 Å². The second-order valence-electron chi connectivity index (χ2n) is 6.78. The van der Waals surface area contributed by atoms with Gasteiger partial charge in [-0.25, -0.2) is 9.37 Å². The maximum absolute atomic E-state index is 13.9. The molecule has 4 nitrogen and oxygen atoms in total. The van der Waals surface area contributed by atoms with Gasteiger partial charge in [0.1, 0.15) is 11.6 Å². The van der Waals surface area contributed by atoms with Crippen LogP contribution in [0.2, 0.25) is 5.02 Å². The number of pyridine rings is 1. The van der Waals surface area contributed by atoms with Gasteiger partial charge in [-0.1, -0.05) is 11.6 Å². The van der Waals surface area contributed by atoms with Crippen LogP contribution in [0.3, 0.4) is 0 Å². The van der Waals surface area contributed by atoms with E-state index < -0.39 is 5.82 Å². The quantitative estimate of drug-likeness (QED) is 0.649. The highest BCUT2D eigenvalue weighted by atomic mass is 35.5. The van der Waals surface area contributed by atoms with Crippen LogP contribution >= 0.6 is 22.9 Å². The Morgan fingerprint density at radius 1 is 1.30 bits per heavy atom. The molecule has 27 heavy (non-hydrogen) atoms. The molecular weight excluding hydrogens is 385 g/mol. The summed E-state index contributed by atoms with van der Waals surface area (Å²) in [6.07, 6.45) is 3.26. The van der Waals surface area contributed by atoms with Crippen molar-refractivity contribution >= 4 is 50.4 Å². The molecule has 1 aromatic carbocycles. The number of rotatable bonds is 3. The van der Waals surface area contributed by atoms with Crippen LogP contribution in [0.4, 0.5) is 15.9 Å². The van der Waals surface area contributed by atoms with Crippen molar-refractivity contribution in [3.05, 3.63) is 52.2 Å². The molecule has 1 N–H and O–H groups in total. The van der Waals surface area contributed by atoms with E-state index in [0.29, 0.717) is 17.9 Å². The van der Waals surface area contributed by atoms with Crippen LogP contribution in [0.5, 0.6) is 0 Å². The van der Waals surface area contributed by atoms with E-state index in [2.05, 4.69) is 28.2 Å². The molecule has 1 aliphatic rings. The molecule has 0 unspecified atom stereocenters. The van der Waals surface area contributed by atoms with Crippen molar-refractivity contribution in [2.24, 2.45) is 5.92 Å². The molecule has 0 saturated carbocycles. The van der Waals surface area contributed by atoms with Crippen molar-refractivity contribution in [2.75, 3.05) is 23.3 Å². The van der Waals surface area contributed by atoms with E-state index >= 15 is 0 Å². The lowest BCUT2D eigenvalue weighted by Gasteiger charge is -2.32. The molecule has 0 bridgehead atoms.